The van der Waals surface area contributed by atoms with E-state index in [-0.39, 0.29) is 11.7 Å². The van der Waals surface area contributed by atoms with Crippen molar-refractivity contribution in [3.05, 3.63) is 27.4 Å². The molecule has 0 aromatic carbocycles. The molecule has 16 heavy (non-hydrogen) atoms. The zero-order valence-electron chi connectivity index (χ0n) is 8.82. The number of imidazole rings is 1. The Hall–Kier alpha value is -1.47. The van der Waals surface area contributed by atoms with E-state index in [2.05, 4.69) is 4.98 Å². The van der Waals surface area contributed by atoms with Gasteiger partial charge < -0.3 is 15.2 Å². The van der Waals surface area contributed by atoms with Crippen molar-refractivity contribution in [1.29, 1.82) is 0 Å². The summed E-state index contributed by atoms with van der Waals surface area (Å²) in [6, 6.07) is 0. The molecule has 0 aliphatic heterocycles. The molecule has 0 saturated carbocycles. The van der Waals surface area contributed by atoms with Crippen LogP contribution in [0.4, 0.5) is 5.82 Å². The maximum atomic E-state index is 11.0. The van der Waals surface area contributed by atoms with Crippen molar-refractivity contribution in [2.45, 2.75) is 25.9 Å². The number of fused-ring (bicyclic) bond motifs is 1. The van der Waals surface area contributed by atoms with E-state index >= 15 is 0 Å². The predicted molar refractivity (Wildman–Crippen MR) is 59.8 cm³/mol. The first-order chi connectivity index (χ1) is 7.52. The van der Waals surface area contributed by atoms with Crippen LogP contribution >= 0.6 is 11.3 Å². The summed E-state index contributed by atoms with van der Waals surface area (Å²) in [4.78, 5) is 15.3. The molecular formula is C9H11N3O3S. The van der Waals surface area contributed by atoms with Crippen LogP contribution in [0.3, 0.4) is 0 Å². The van der Waals surface area contributed by atoms with Crippen LogP contribution in [0.15, 0.2) is 11.6 Å². The number of aliphatic hydroxyl groups excluding tert-OH is 1. The molecule has 0 aliphatic carbocycles. The Kier molecular flexibility index (Phi) is 2.64. The van der Waals surface area contributed by atoms with Gasteiger partial charge in [-0.05, 0) is 11.8 Å². The topological polar surface area (TPSA) is 80.7 Å². The zero-order valence-corrected chi connectivity index (χ0v) is 9.64. The molecule has 2 aromatic rings. The van der Waals surface area contributed by atoms with Gasteiger partial charge in [0.1, 0.15) is 11.9 Å². The van der Waals surface area contributed by atoms with Gasteiger partial charge in [-0.2, -0.15) is 9.38 Å². The summed E-state index contributed by atoms with van der Waals surface area (Å²) in [5, 5.41) is 22.2. The summed E-state index contributed by atoms with van der Waals surface area (Å²) >= 11 is 1.33. The molecular weight excluding hydrogens is 230 g/mol. The van der Waals surface area contributed by atoms with Gasteiger partial charge in [-0.3, -0.25) is 0 Å². The van der Waals surface area contributed by atoms with E-state index in [1.54, 1.807) is 25.4 Å². The van der Waals surface area contributed by atoms with Crippen LogP contribution in [0, 0.1) is 10.1 Å². The maximum absolute atomic E-state index is 11.0. The lowest BCUT2D eigenvalue weighted by Gasteiger charge is -2.11. The van der Waals surface area contributed by atoms with E-state index < -0.39 is 11.0 Å². The standard InChI is InChI=1S/C9H11N3O3S/c1-5(6(2)13)7-8(12(14)15)11-3-4-16-9(11)10-7/h3-6,13H,1-2H3. The molecule has 6 nitrogen and oxygen atoms in total. The summed E-state index contributed by atoms with van der Waals surface area (Å²) in [7, 11) is 0. The van der Waals surface area contributed by atoms with Crippen molar-refractivity contribution in [3.63, 3.8) is 0 Å². The van der Waals surface area contributed by atoms with Crippen LogP contribution < -0.4 is 0 Å². The van der Waals surface area contributed by atoms with Gasteiger partial charge in [0.15, 0.2) is 0 Å². The fraction of sp³-hybridized carbons (Fsp3) is 0.444. The number of nitrogens with zero attached hydrogens (tertiary/aromatic N) is 3. The van der Waals surface area contributed by atoms with Gasteiger partial charge in [0, 0.05) is 11.3 Å². The van der Waals surface area contributed by atoms with Crippen LogP contribution in [0.25, 0.3) is 4.96 Å². The summed E-state index contributed by atoms with van der Waals surface area (Å²) in [5.41, 5.74) is 0.340. The molecule has 7 heteroatoms. The lowest BCUT2D eigenvalue weighted by Crippen LogP contribution is -2.13. The average molecular weight is 241 g/mol. The molecule has 86 valence electrons. The van der Waals surface area contributed by atoms with Crippen molar-refractivity contribution in [2.24, 2.45) is 0 Å². The van der Waals surface area contributed by atoms with E-state index in [1.165, 1.54) is 15.7 Å². The highest BCUT2D eigenvalue weighted by Crippen LogP contribution is 2.30. The molecule has 2 unspecified atom stereocenters. The van der Waals surface area contributed by atoms with Crippen molar-refractivity contribution in [1.82, 2.24) is 9.38 Å². The van der Waals surface area contributed by atoms with E-state index in [0.717, 1.165) is 0 Å². The highest BCUT2D eigenvalue weighted by atomic mass is 32.1. The Labute approximate surface area is 95.3 Å². The van der Waals surface area contributed by atoms with Gasteiger partial charge in [0.05, 0.1) is 6.10 Å². The molecule has 2 aromatic heterocycles. The third-order valence-electron chi connectivity index (χ3n) is 2.59. The van der Waals surface area contributed by atoms with Gasteiger partial charge >= 0.3 is 5.82 Å². The SMILES string of the molecule is CC(O)C(C)c1nc2sccn2c1[N+](=O)[O-]. The lowest BCUT2D eigenvalue weighted by molar-refractivity contribution is -0.391. The quantitative estimate of drug-likeness (QED) is 0.656. The number of hydrogen-bond acceptors (Lipinski definition) is 5. The molecule has 0 amide bonds. The minimum Gasteiger partial charge on any atom is -0.393 e. The number of hydrogen-bond donors (Lipinski definition) is 1. The Morgan fingerprint density at radius 3 is 2.88 bits per heavy atom. The molecule has 1 N–H and O–H groups in total. The van der Waals surface area contributed by atoms with Crippen molar-refractivity contribution >= 4 is 22.1 Å². The number of rotatable bonds is 3. The Bertz CT molecular complexity index is 531. The predicted octanol–water partition coefficient (Wildman–Crippen LogP) is 1.79. The van der Waals surface area contributed by atoms with E-state index in [4.69, 9.17) is 0 Å². The molecule has 2 heterocycles. The molecule has 0 spiro atoms. The summed E-state index contributed by atoms with van der Waals surface area (Å²) in [5.74, 6) is -0.405. The Morgan fingerprint density at radius 1 is 1.62 bits per heavy atom. The molecule has 0 bridgehead atoms. The van der Waals surface area contributed by atoms with Gasteiger partial charge in [-0.15, -0.1) is 0 Å². The lowest BCUT2D eigenvalue weighted by atomic mass is 10.0. The van der Waals surface area contributed by atoms with Gasteiger partial charge in [-0.1, -0.05) is 18.3 Å². The van der Waals surface area contributed by atoms with Crippen molar-refractivity contribution in [3.8, 4) is 0 Å². The van der Waals surface area contributed by atoms with Gasteiger partial charge in [0.2, 0.25) is 0 Å². The smallest absolute Gasteiger partial charge is 0.352 e. The minimum absolute atomic E-state index is 0.0512. The first-order valence-corrected chi connectivity index (χ1v) is 5.68. The maximum Gasteiger partial charge on any atom is 0.352 e. The number of aromatic nitrogens is 2. The number of aliphatic hydroxyl groups is 1. The monoisotopic (exact) mass is 241 g/mol. The fourth-order valence-corrected chi connectivity index (χ4v) is 2.22. The molecule has 0 aliphatic rings. The first-order valence-electron chi connectivity index (χ1n) is 4.80. The van der Waals surface area contributed by atoms with Crippen molar-refractivity contribution < 1.29 is 10.0 Å². The normalized spacial score (nSPS) is 15.2. The van der Waals surface area contributed by atoms with E-state index in [0.29, 0.717) is 10.7 Å². The second-order valence-corrected chi connectivity index (χ2v) is 4.54. The van der Waals surface area contributed by atoms with Gasteiger partial charge in [0.25, 0.3) is 4.96 Å². The highest BCUT2D eigenvalue weighted by Gasteiger charge is 2.29. The summed E-state index contributed by atoms with van der Waals surface area (Å²) in [6.07, 6.45) is 0.951. The third-order valence-corrected chi connectivity index (χ3v) is 3.35. The van der Waals surface area contributed by atoms with E-state index in [9.17, 15) is 15.2 Å². The molecule has 2 rings (SSSR count). The number of nitro groups is 1. The first kappa shape index (κ1) is 11.0. The van der Waals surface area contributed by atoms with Gasteiger partial charge in [-0.25, -0.2) is 0 Å². The van der Waals surface area contributed by atoms with Crippen LogP contribution in [0.1, 0.15) is 25.5 Å². The molecule has 0 saturated heterocycles. The average Bonchev–Trinajstić information content (AvgIpc) is 2.73. The molecule has 0 fully saturated rings. The highest BCUT2D eigenvalue weighted by molar-refractivity contribution is 7.15. The third kappa shape index (κ3) is 1.57. The Balaban J connectivity index is 2.64. The molecule has 2 atom stereocenters. The van der Waals surface area contributed by atoms with Crippen molar-refractivity contribution in [2.75, 3.05) is 0 Å². The fourth-order valence-electron chi connectivity index (χ4n) is 1.51. The second kappa shape index (κ2) is 3.84. The molecule has 0 radical (unpaired) electrons. The summed E-state index contributed by atoms with van der Waals surface area (Å²) in [6.45, 7) is 3.33. The van der Waals surface area contributed by atoms with E-state index in [1.807, 2.05) is 0 Å². The van der Waals surface area contributed by atoms with Crippen LogP contribution in [-0.2, 0) is 0 Å². The van der Waals surface area contributed by atoms with Crippen LogP contribution in [0.5, 0.6) is 0 Å². The second-order valence-electron chi connectivity index (χ2n) is 3.66. The summed E-state index contributed by atoms with van der Waals surface area (Å²) < 4.78 is 1.44. The zero-order chi connectivity index (χ0) is 11.9. The van der Waals surface area contributed by atoms with Crippen LogP contribution in [0.2, 0.25) is 0 Å². The Morgan fingerprint density at radius 2 is 2.31 bits per heavy atom. The van der Waals surface area contributed by atoms with Crippen LogP contribution in [-0.4, -0.2) is 25.5 Å². The number of thiazole rings is 1. The largest absolute Gasteiger partial charge is 0.393 e. The minimum atomic E-state index is -0.664.